The van der Waals surface area contributed by atoms with E-state index < -0.39 is 18.2 Å². The molecule has 0 radical (unpaired) electrons. The Bertz CT molecular complexity index is 754. The first-order chi connectivity index (χ1) is 12.0. The van der Waals surface area contributed by atoms with E-state index in [1.165, 1.54) is 0 Å². The number of hydrogen-bond donors (Lipinski definition) is 2. The van der Waals surface area contributed by atoms with E-state index in [9.17, 15) is 9.59 Å². The van der Waals surface area contributed by atoms with Crippen LogP contribution in [-0.2, 0) is 14.3 Å². The van der Waals surface area contributed by atoms with Crippen molar-refractivity contribution in [1.82, 2.24) is 0 Å². The maximum Gasteiger partial charge on any atom is 0.332 e. The molecule has 1 aliphatic rings. The summed E-state index contributed by atoms with van der Waals surface area (Å²) in [5.74, 6) is 0.0234. The Morgan fingerprint density at radius 3 is 2.12 bits per heavy atom. The molecule has 6 heteroatoms. The SMILES string of the molecule is Cc1ccc(Oc2ccc(NC(=O)[C@@H]3CC[C@H](C(=O)O)O3)cc2)cc1. The van der Waals surface area contributed by atoms with Crippen LogP contribution in [0.1, 0.15) is 18.4 Å². The Balaban J connectivity index is 1.56. The molecule has 2 aromatic carbocycles. The summed E-state index contributed by atoms with van der Waals surface area (Å²) >= 11 is 0. The first-order valence-corrected chi connectivity index (χ1v) is 8.05. The van der Waals surface area contributed by atoms with E-state index in [2.05, 4.69) is 5.32 Å². The third-order valence-electron chi connectivity index (χ3n) is 3.97. The summed E-state index contributed by atoms with van der Waals surface area (Å²) in [4.78, 5) is 23.0. The van der Waals surface area contributed by atoms with Gasteiger partial charge in [-0.05, 0) is 56.2 Å². The highest BCUT2D eigenvalue weighted by molar-refractivity contribution is 5.94. The van der Waals surface area contributed by atoms with Gasteiger partial charge in [0.2, 0.25) is 0 Å². The van der Waals surface area contributed by atoms with Crippen molar-refractivity contribution >= 4 is 17.6 Å². The lowest BCUT2D eigenvalue weighted by molar-refractivity contribution is -0.150. The average Bonchev–Trinajstić information content (AvgIpc) is 3.09. The van der Waals surface area contributed by atoms with Crippen LogP contribution in [0.15, 0.2) is 48.5 Å². The van der Waals surface area contributed by atoms with Crippen molar-refractivity contribution < 1.29 is 24.2 Å². The molecule has 2 aromatic rings. The van der Waals surface area contributed by atoms with E-state index in [0.717, 1.165) is 11.3 Å². The third-order valence-corrected chi connectivity index (χ3v) is 3.97. The molecule has 1 aliphatic heterocycles. The number of carboxylic acids is 1. The quantitative estimate of drug-likeness (QED) is 0.871. The van der Waals surface area contributed by atoms with Gasteiger partial charge in [0.05, 0.1) is 0 Å². The average molecular weight is 341 g/mol. The van der Waals surface area contributed by atoms with Crippen LogP contribution >= 0.6 is 0 Å². The fraction of sp³-hybridized carbons (Fsp3) is 0.263. The molecule has 0 aliphatic carbocycles. The molecule has 0 spiro atoms. The van der Waals surface area contributed by atoms with Crippen molar-refractivity contribution in [3.05, 3.63) is 54.1 Å². The van der Waals surface area contributed by atoms with Crippen LogP contribution in [0.5, 0.6) is 11.5 Å². The molecule has 1 fully saturated rings. The summed E-state index contributed by atoms with van der Waals surface area (Å²) in [5, 5.41) is 11.6. The maximum absolute atomic E-state index is 12.1. The molecule has 6 nitrogen and oxygen atoms in total. The number of anilines is 1. The second-order valence-corrected chi connectivity index (χ2v) is 5.96. The minimum absolute atomic E-state index is 0.337. The summed E-state index contributed by atoms with van der Waals surface area (Å²) < 4.78 is 11.0. The van der Waals surface area contributed by atoms with E-state index in [0.29, 0.717) is 24.3 Å². The van der Waals surface area contributed by atoms with Gasteiger partial charge in [-0.15, -0.1) is 0 Å². The van der Waals surface area contributed by atoms with E-state index in [-0.39, 0.29) is 5.91 Å². The lowest BCUT2D eigenvalue weighted by atomic mass is 10.2. The highest BCUT2D eigenvalue weighted by Crippen LogP contribution is 2.25. The Kier molecular flexibility index (Phi) is 5.00. The van der Waals surface area contributed by atoms with Gasteiger partial charge in [-0.1, -0.05) is 17.7 Å². The van der Waals surface area contributed by atoms with Gasteiger partial charge >= 0.3 is 5.97 Å². The van der Waals surface area contributed by atoms with Gasteiger partial charge in [-0.3, -0.25) is 4.79 Å². The largest absolute Gasteiger partial charge is 0.479 e. The zero-order valence-electron chi connectivity index (χ0n) is 13.8. The Morgan fingerprint density at radius 1 is 1.00 bits per heavy atom. The molecular formula is C19H19NO5. The molecule has 0 unspecified atom stereocenters. The second-order valence-electron chi connectivity index (χ2n) is 5.96. The number of benzene rings is 2. The van der Waals surface area contributed by atoms with Gasteiger partial charge in [-0.2, -0.15) is 0 Å². The second kappa shape index (κ2) is 7.36. The molecule has 1 heterocycles. The highest BCUT2D eigenvalue weighted by atomic mass is 16.5. The van der Waals surface area contributed by atoms with Crippen molar-refractivity contribution in [3.8, 4) is 11.5 Å². The Morgan fingerprint density at radius 2 is 1.56 bits per heavy atom. The van der Waals surface area contributed by atoms with Crippen molar-refractivity contribution in [3.63, 3.8) is 0 Å². The number of rotatable bonds is 5. The smallest absolute Gasteiger partial charge is 0.332 e. The molecular weight excluding hydrogens is 322 g/mol. The zero-order chi connectivity index (χ0) is 17.8. The topological polar surface area (TPSA) is 84.9 Å². The summed E-state index contributed by atoms with van der Waals surface area (Å²) in [5.41, 5.74) is 1.76. The predicted octanol–water partition coefficient (Wildman–Crippen LogP) is 3.36. The van der Waals surface area contributed by atoms with Crippen LogP contribution in [-0.4, -0.2) is 29.2 Å². The van der Waals surface area contributed by atoms with E-state index >= 15 is 0 Å². The first-order valence-electron chi connectivity index (χ1n) is 8.05. The van der Waals surface area contributed by atoms with Gasteiger partial charge < -0.3 is 19.9 Å². The Hall–Kier alpha value is -2.86. The fourth-order valence-corrected chi connectivity index (χ4v) is 2.58. The number of carbonyl (C=O) groups excluding carboxylic acids is 1. The lowest BCUT2D eigenvalue weighted by Crippen LogP contribution is -2.29. The molecule has 2 N–H and O–H groups in total. The van der Waals surface area contributed by atoms with Gasteiger partial charge in [0.15, 0.2) is 6.10 Å². The van der Waals surface area contributed by atoms with Crippen LogP contribution in [0.25, 0.3) is 0 Å². The molecule has 2 atom stereocenters. The number of aliphatic carboxylic acids is 1. The summed E-state index contributed by atoms with van der Waals surface area (Å²) in [7, 11) is 0. The molecule has 3 rings (SSSR count). The first kappa shape index (κ1) is 17.0. The van der Waals surface area contributed by atoms with Crippen LogP contribution in [0.3, 0.4) is 0 Å². The number of aryl methyl sites for hydroxylation is 1. The third kappa shape index (κ3) is 4.36. The van der Waals surface area contributed by atoms with Crippen LogP contribution in [0.4, 0.5) is 5.69 Å². The van der Waals surface area contributed by atoms with Crippen molar-refractivity contribution in [1.29, 1.82) is 0 Å². The van der Waals surface area contributed by atoms with Crippen LogP contribution in [0, 0.1) is 6.92 Å². The van der Waals surface area contributed by atoms with E-state index in [1.54, 1.807) is 24.3 Å². The minimum atomic E-state index is -1.03. The molecule has 0 aromatic heterocycles. The normalized spacial score (nSPS) is 19.4. The number of nitrogens with one attached hydrogen (secondary N) is 1. The molecule has 1 amide bonds. The van der Waals surface area contributed by atoms with Crippen molar-refractivity contribution in [2.45, 2.75) is 32.0 Å². The maximum atomic E-state index is 12.1. The summed E-state index contributed by atoms with van der Waals surface area (Å²) in [6.07, 6.45) is -0.889. The summed E-state index contributed by atoms with van der Waals surface area (Å²) in [6.45, 7) is 2.01. The van der Waals surface area contributed by atoms with E-state index in [4.69, 9.17) is 14.6 Å². The van der Waals surface area contributed by atoms with E-state index in [1.807, 2.05) is 31.2 Å². The fourth-order valence-electron chi connectivity index (χ4n) is 2.58. The molecule has 1 saturated heterocycles. The van der Waals surface area contributed by atoms with Crippen LogP contribution in [0.2, 0.25) is 0 Å². The molecule has 130 valence electrons. The van der Waals surface area contributed by atoms with Gasteiger partial charge in [0.1, 0.15) is 17.6 Å². The lowest BCUT2D eigenvalue weighted by Gasteiger charge is -2.12. The van der Waals surface area contributed by atoms with Gasteiger partial charge in [0.25, 0.3) is 5.91 Å². The number of carbonyl (C=O) groups is 2. The van der Waals surface area contributed by atoms with Crippen molar-refractivity contribution in [2.24, 2.45) is 0 Å². The number of ether oxygens (including phenoxy) is 2. The summed E-state index contributed by atoms with van der Waals surface area (Å²) in [6, 6.07) is 14.7. The molecule has 0 saturated carbocycles. The minimum Gasteiger partial charge on any atom is -0.479 e. The van der Waals surface area contributed by atoms with Gasteiger partial charge in [0, 0.05) is 5.69 Å². The number of carboxylic acid groups (broad SMARTS) is 1. The molecule has 25 heavy (non-hydrogen) atoms. The zero-order valence-corrected chi connectivity index (χ0v) is 13.8. The number of hydrogen-bond acceptors (Lipinski definition) is 4. The van der Waals surface area contributed by atoms with Crippen molar-refractivity contribution in [2.75, 3.05) is 5.32 Å². The van der Waals surface area contributed by atoms with Gasteiger partial charge in [-0.25, -0.2) is 4.79 Å². The highest BCUT2D eigenvalue weighted by Gasteiger charge is 2.34. The van der Waals surface area contributed by atoms with Crippen LogP contribution < -0.4 is 10.1 Å². The Labute approximate surface area is 145 Å². The number of amides is 1. The predicted molar refractivity (Wildman–Crippen MR) is 91.9 cm³/mol. The molecule has 0 bridgehead atoms. The standard InChI is InChI=1S/C19H19NO5/c1-12-2-6-14(7-3-12)24-15-8-4-13(5-9-15)20-18(21)16-10-11-17(25-16)19(22)23/h2-9,16-17H,10-11H2,1H3,(H,20,21)(H,22,23)/t16-,17+/m0/s1. The monoisotopic (exact) mass is 341 g/mol.